The van der Waals surface area contributed by atoms with Gasteiger partial charge in [0.25, 0.3) is 0 Å². The predicted octanol–water partition coefficient (Wildman–Crippen LogP) is 3.37. The van der Waals surface area contributed by atoms with E-state index in [2.05, 4.69) is 27.2 Å². The highest BCUT2D eigenvalue weighted by atomic mass is 16.3. The Bertz CT molecular complexity index is 425. The van der Waals surface area contributed by atoms with E-state index >= 15 is 0 Å². The summed E-state index contributed by atoms with van der Waals surface area (Å²) in [6, 6.07) is 0. The molecule has 0 radical (unpaired) electrons. The van der Waals surface area contributed by atoms with Crippen molar-refractivity contribution in [2.45, 2.75) is 71.1 Å². The molecular formula is C17H33N5O. The number of unbranched alkanes of at least 4 members (excludes halogenated alkanes) is 8. The number of rotatable bonds is 13. The summed E-state index contributed by atoms with van der Waals surface area (Å²) in [6.07, 6.45) is 12.6. The van der Waals surface area contributed by atoms with Gasteiger partial charge >= 0.3 is 0 Å². The number of aliphatic hydroxyl groups excluding tert-OH is 1. The molecule has 1 heterocycles. The molecule has 0 saturated heterocycles. The molecule has 0 atom stereocenters. The molecule has 6 heteroatoms. The summed E-state index contributed by atoms with van der Waals surface area (Å²) < 4.78 is 0. The second kappa shape index (κ2) is 12.0. The average Bonchev–Trinajstić information content (AvgIpc) is 2.53. The normalized spacial score (nSPS) is 10.8. The molecule has 23 heavy (non-hydrogen) atoms. The van der Waals surface area contributed by atoms with Crippen LogP contribution in [0.2, 0.25) is 0 Å². The van der Waals surface area contributed by atoms with E-state index in [1.807, 2.05) is 19.0 Å². The second-order valence-corrected chi connectivity index (χ2v) is 6.18. The lowest BCUT2D eigenvalue weighted by molar-refractivity contribution is 0.324. The lowest BCUT2D eigenvalue weighted by Crippen LogP contribution is -2.17. The number of nitrogens with one attached hydrogen (secondary N) is 1. The minimum atomic E-state index is -0.172. The first-order valence-corrected chi connectivity index (χ1v) is 8.94. The largest absolute Gasteiger partial charge is 0.376 e. The molecule has 0 aliphatic rings. The van der Waals surface area contributed by atoms with Crippen LogP contribution < -0.4 is 10.2 Å². The van der Waals surface area contributed by atoms with E-state index in [4.69, 9.17) is 5.11 Å². The maximum atomic E-state index is 8.97. The van der Waals surface area contributed by atoms with Crippen molar-refractivity contribution in [1.82, 2.24) is 15.0 Å². The Morgan fingerprint density at radius 3 is 2.04 bits per heavy atom. The first-order valence-electron chi connectivity index (χ1n) is 8.94. The van der Waals surface area contributed by atoms with Gasteiger partial charge in [0.15, 0.2) is 0 Å². The van der Waals surface area contributed by atoms with Gasteiger partial charge in [-0.1, -0.05) is 58.3 Å². The highest BCUT2D eigenvalue weighted by Crippen LogP contribution is 2.13. The number of hydrogen-bond donors (Lipinski definition) is 2. The minimum Gasteiger partial charge on any atom is -0.376 e. The van der Waals surface area contributed by atoms with Crippen molar-refractivity contribution in [3.05, 3.63) is 5.82 Å². The van der Waals surface area contributed by atoms with Crippen LogP contribution in [0.25, 0.3) is 0 Å². The van der Waals surface area contributed by atoms with Crippen molar-refractivity contribution in [1.29, 1.82) is 0 Å². The smallest absolute Gasteiger partial charge is 0.229 e. The van der Waals surface area contributed by atoms with Crippen LogP contribution >= 0.6 is 0 Å². The third kappa shape index (κ3) is 8.69. The number of aromatic nitrogens is 3. The number of hydrogen-bond acceptors (Lipinski definition) is 6. The number of aryl methyl sites for hydroxylation is 1. The van der Waals surface area contributed by atoms with E-state index in [0.29, 0.717) is 11.9 Å². The van der Waals surface area contributed by atoms with E-state index in [1.165, 1.54) is 51.4 Å². The van der Waals surface area contributed by atoms with Crippen LogP contribution in [0.1, 0.15) is 70.5 Å². The van der Waals surface area contributed by atoms with E-state index < -0.39 is 0 Å². The van der Waals surface area contributed by atoms with Crippen molar-refractivity contribution in [2.24, 2.45) is 0 Å². The fourth-order valence-corrected chi connectivity index (χ4v) is 2.46. The molecule has 0 aromatic carbocycles. The van der Waals surface area contributed by atoms with Gasteiger partial charge in [-0.05, 0) is 6.42 Å². The van der Waals surface area contributed by atoms with Crippen molar-refractivity contribution in [2.75, 3.05) is 31.0 Å². The molecule has 0 unspecified atom stereocenters. The summed E-state index contributed by atoms with van der Waals surface area (Å²) in [5, 5.41) is 11.7. The summed E-state index contributed by atoms with van der Waals surface area (Å²) in [6.45, 7) is 2.08. The molecule has 1 rings (SSSR count). The van der Waals surface area contributed by atoms with E-state index in [-0.39, 0.29) is 6.73 Å². The van der Waals surface area contributed by atoms with Gasteiger partial charge in [0.05, 0.1) is 0 Å². The average molecular weight is 323 g/mol. The van der Waals surface area contributed by atoms with Crippen LogP contribution in [0.4, 0.5) is 11.9 Å². The molecule has 1 aromatic rings. The zero-order valence-electron chi connectivity index (χ0n) is 15.0. The maximum Gasteiger partial charge on any atom is 0.229 e. The Kier molecular flexibility index (Phi) is 10.3. The number of nitrogens with zero attached hydrogens (tertiary/aromatic N) is 4. The summed E-state index contributed by atoms with van der Waals surface area (Å²) in [4.78, 5) is 14.9. The summed E-state index contributed by atoms with van der Waals surface area (Å²) in [7, 11) is 3.81. The van der Waals surface area contributed by atoms with Crippen molar-refractivity contribution >= 4 is 11.9 Å². The molecule has 0 spiro atoms. The predicted molar refractivity (Wildman–Crippen MR) is 95.8 cm³/mol. The summed E-state index contributed by atoms with van der Waals surface area (Å²) in [5.41, 5.74) is 0. The standard InChI is InChI=1S/C17H33N5O/c1-4-5-6-7-8-9-10-11-12-13-15-19-16(18-14-23)21-17(20-15)22(2)3/h23H,4-14H2,1-3H3,(H,18,19,20,21). The second-order valence-electron chi connectivity index (χ2n) is 6.18. The monoisotopic (exact) mass is 323 g/mol. The highest BCUT2D eigenvalue weighted by molar-refractivity contribution is 5.35. The van der Waals surface area contributed by atoms with Gasteiger partial charge in [-0.25, -0.2) is 0 Å². The summed E-state index contributed by atoms with van der Waals surface area (Å²) in [5.74, 6) is 1.86. The zero-order valence-corrected chi connectivity index (χ0v) is 15.0. The fraction of sp³-hybridized carbons (Fsp3) is 0.824. The molecule has 0 amide bonds. The van der Waals surface area contributed by atoms with E-state index in [0.717, 1.165) is 18.7 Å². The SMILES string of the molecule is CCCCCCCCCCCc1nc(NCO)nc(N(C)C)n1. The number of anilines is 2. The number of aliphatic hydroxyl groups is 1. The third-order valence-corrected chi connectivity index (χ3v) is 3.81. The molecule has 0 aliphatic heterocycles. The first-order chi connectivity index (χ1) is 11.2. The van der Waals surface area contributed by atoms with Crippen LogP contribution in [-0.4, -0.2) is 40.9 Å². The van der Waals surface area contributed by atoms with Crippen LogP contribution in [0.3, 0.4) is 0 Å². The molecule has 2 N–H and O–H groups in total. The molecule has 0 bridgehead atoms. The van der Waals surface area contributed by atoms with E-state index in [9.17, 15) is 0 Å². The Morgan fingerprint density at radius 1 is 0.870 bits per heavy atom. The molecule has 0 saturated carbocycles. The van der Waals surface area contributed by atoms with Gasteiger partial charge in [-0.3, -0.25) is 0 Å². The Morgan fingerprint density at radius 2 is 1.48 bits per heavy atom. The van der Waals surface area contributed by atoms with Gasteiger partial charge in [0, 0.05) is 20.5 Å². The molecule has 1 aromatic heterocycles. The van der Waals surface area contributed by atoms with Gasteiger partial charge in [0.1, 0.15) is 12.6 Å². The molecular weight excluding hydrogens is 290 g/mol. The van der Waals surface area contributed by atoms with Crippen LogP contribution in [0.15, 0.2) is 0 Å². The van der Waals surface area contributed by atoms with E-state index in [1.54, 1.807) is 0 Å². The van der Waals surface area contributed by atoms with Crippen LogP contribution in [0, 0.1) is 0 Å². The molecule has 0 fully saturated rings. The van der Waals surface area contributed by atoms with Gasteiger partial charge in [0.2, 0.25) is 11.9 Å². The topological polar surface area (TPSA) is 74.2 Å². The van der Waals surface area contributed by atoms with Crippen LogP contribution in [-0.2, 0) is 6.42 Å². The van der Waals surface area contributed by atoms with Gasteiger partial charge in [-0.15, -0.1) is 0 Å². The quantitative estimate of drug-likeness (QED) is 0.428. The Balaban J connectivity index is 2.28. The van der Waals surface area contributed by atoms with Gasteiger partial charge in [-0.2, -0.15) is 15.0 Å². The Labute approximate surface area is 140 Å². The highest BCUT2D eigenvalue weighted by Gasteiger charge is 2.07. The molecule has 132 valence electrons. The Hall–Kier alpha value is -1.43. The molecule has 6 nitrogen and oxygen atoms in total. The lowest BCUT2D eigenvalue weighted by Gasteiger charge is -2.12. The van der Waals surface area contributed by atoms with Crippen molar-refractivity contribution in [3.63, 3.8) is 0 Å². The first kappa shape index (κ1) is 19.6. The maximum absolute atomic E-state index is 8.97. The zero-order chi connectivity index (χ0) is 16.9. The van der Waals surface area contributed by atoms with Crippen molar-refractivity contribution in [3.8, 4) is 0 Å². The molecule has 0 aliphatic carbocycles. The van der Waals surface area contributed by atoms with Crippen molar-refractivity contribution < 1.29 is 5.11 Å². The lowest BCUT2D eigenvalue weighted by atomic mass is 10.1. The third-order valence-electron chi connectivity index (χ3n) is 3.81. The fourth-order valence-electron chi connectivity index (χ4n) is 2.46. The summed E-state index contributed by atoms with van der Waals surface area (Å²) >= 11 is 0. The van der Waals surface area contributed by atoms with Gasteiger partial charge < -0.3 is 15.3 Å². The van der Waals surface area contributed by atoms with Crippen LogP contribution in [0.5, 0.6) is 0 Å². The minimum absolute atomic E-state index is 0.172.